The molecule has 0 fully saturated rings. The number of rotatable bonds is 2. The Kier molecular flexibility index (Phi) is 2.07. The fourth-order valence-corrected chi connectivity index (χ4v) is 1.24. The second-order valence-corrected chi connectivity index (χ2v) is 2.89. The summed E-state index contributed by atoms with van der Waals surface area (Å²) in [6.45, 7) is 0. The van der Waals surface area contributed by atoms with Crippen LogP contribution in [0.4, 0.5) is 0 Å². The SMILES string of the molecule is O=C(O)/C=C\c1ccc2ccoc2c1. The lowest BCUT2D eigenvalue weighted by atomic mass is 10.1. The lowest BCUT2D eigenvalue weighted by Gasteiger charge is -1.92. The summed E-state index contributed by atoms with van der Waals surface area (Å²) < 4.78 is 5.18. The summed E-state index contributed by atoms with van der Waals surface area (Å²) in [4.78, 5) is 10.3. The average molecular weight is 188 g/mol. The van der Waals surface area contributed by atoms with Crippen molar-refractivity contribution >= 4 is 23.0 Å². The van der Waals surface area contributed by atoms with Gasteiger partial charge in [-0.3, -0.25) is 0 Å². The Hall–Kier alpha value is -2.03. The molecule has 0 saturated carbocycles. The molecule has 0 bridgehead atoms. The Labute approximate surface area is 80.3 Å². The van der Waals surface area contributed by atoms with E-state index in [4.69, 9.17) is 9.52 Å². The second-order valence-electron chi connectivity index (χ2n) is 2.89. The van der Waals surface area contributed by atoms with Crippen LogP contribution in [0.15, 0.2) is 41.0 Å². The summed E-state index contributed by atoms with van der Waals surface area (Å²) in [5.41, 5.74) is 1.58. The highest BCUT2D eigenvalue weighted by atomic mass is 16.4. The molecule has 0 atom stereocenters. The molecule has 0 amide bonds. The Morgan fingerprint density at radius 1 is 1.36 bits per heavy atom. The van der Waals surface area contributed by atoms with Crippen molar-refractivity contribution in [2.75, 3.05) is 0 Å². The van der Waals surface area contributed by atoms with Crippen LogP contribution in [0.1, 0.15) is 5.56 Å². The van der Waals surface area contributed by atoms with Crippen molar-refractivity contribution in [1.29, 1.82) is 0 Å². The fourth-order valence-electron chi connectivity index (χ4n) is 1.24. The first-order chi connectivity index (χ1) is 6.75. The van der Waals surface area contributed by atoms with Crippen LogP contribution in [-0.2, 0) is 4.79 Å². The molecule has 0 unspecified atom stereocenters. The summed E-state index contributed by atoms with van der Waals surface area (Å²) >= 11 is 0. The smallest absolute Gasteiger partial charge is 0.328 e. The van der Waals surface area contributed by atoms with Crippen molar-refractivity contribution in [3.05, 3.63) is 42.2 Å². The maximum Gasteiger partial charge on any atom is 0.328 e. The van der Waals surface area contributed by atoms with E-state index in [1.165, 1.54) is 6.08 Å². The molecular formula is C11H8O3. The molecule has 14 heavy (non-hydrogen) atoms. The van der Waals surface area contributed by atoms with E-state index in [1.54, 1.807) is 12.3 Å². The number of carboxylic acids is 1. The van der Waals surface area contributed by atoms with Gasteiger partial charge in [0.1, 0.15) is 5.58 Å². The maximum atomic E-state index is 10.3. The molecule has 0 aliphatic rings. The fraction of sp³-hybridized carbons (Fsp3) is 0. The molecule has 70 valence electrons. The number of benzene rings is 1. The van der Waals surface area contributed by atoms with Crippen LogP contribution in [0.5, 0.6) is 0 Å². The lowest BCUT2D eigenvalue weighted by Crippen LogP contribution is -1.85. The van der Waals surface area contributed by atoms with E-state index >= 15 is 0 Å². The van der Waals surface area contributed by atoms with Crippen LogP contribution in [0.25, 0.3) is 17.0 Å². The average Bonchev–Trinajstić information content (AvgIpc) is 2.61. The Balaban J connectivity index is 2.39. The van der Waals surface area contributed by atoms with Crippen molar-refractivity contribution in [3.63, 3.8) is 0 Å². The van der Waals surface area contributed by atoms with E-state index in [1.807, 2.05) is 18.2 Å². The monoisotopic (exact) mass is 188 g/mol. The standard InChI is InChI=1S/C11H8O3/c12-11(13)4-2-8-1-3-9-5-6-14-10(9)7-8/h1-7H,(H,12,13)/b4-2-. The molecule has 0 saturated heterocycles. The van der Waals surface area contributed by atoms with Crippen molar-refractivity contribution in [3.8, 4) is 0 Å². The van der Waals surface area contributed by atoms with Crippen LogP contribution < -0.4 is 0 Å². The minimum absolute atomic E-state index is 0.762. The third-order valence-electron chi connectivity index (χ3n) is 1.90. The van der Waals surface area contributed by atoms with Crippen molar-refractivity contribution in [2.45, 2.75) is 0 Å². The molecule has 0 radical (unpaired) electrons. The van der Waals surface area contributed by atoms with Gasteiger partial charge in [-0.05, 0) is 23.8 Å². The van der Waals surface area contributed by atoms with Gasteiger partial charge in [0.15, 0.2) is 0 Å². The minimum atomic E-state index is -0.954. The molecule has 2 rings (SSSR count). The van der Waals surface area contributed by atoms with E-state index in [0.717, 1.165) is 22.6 Å². The van der Waals surface area contributed by atoms with E-state index in [2.05, 4.69) is 0 Å². The minimum Gasteiger partial charge on any atom is -0.478 e. The van der Waals surface area contributed by atoms with Gasteiger partial charge < -0.3 is 9.52 Å². The molecule has 0 spiro atoms. The molecule has 2 aromatic rings. The second kappa shape index (κ2) is 3.38. The largest absolute Gasteiger partial charge is 0.478 e. The van der Waals surface area contributed by atoms with Gasteiger partial charge in [-0.2, -0.15) is 0 Å². The van der Waals surface area contributed by atoms with Crippen LogP contribution in [0, 0.1) is 0 Å². The number of hydrogen-bond acceptors (Lipinski definition) is 2. The maximum absolute atomic E-state index is 10.3. The van der Waals surface area contributed by atoms with Gasteiger partial charge in [0, 0.05) is 11.5 Å². The summed E-state index contributed by atoms with van der Waals surface area (Å²) in [6, 6.07) is 7.40. The molecule has 3 nitrogen and oxygen atoms in total. The zero-order valence-corrected chi connectivity index (χ0v) is 7.31. The Morgan fingerprint density at radius 3 is 3.00 bits per heavy atom. The Bertz CT molecular complexity index is 494. The zero-order valence-electron chi connectivity index (χ0n) is 7.31. The van der Waals surface area contributed by atoms with Crippen molar-refractivity contribution in [1.82, 2.24) is 0 Å². The summed E-state index contributed by atoms with van der Waals surface area (Å²) in [5.74, 6) is -0.954. The molecule has 0 aliphatic carbocycles. The summed E-state index contributed by atoms with van der Waals surface area (Å²) in [5, 5.41) is 9.45. The van der Waals surface area contributed by atoms with E-state index in [0.29, 0.717) is 0 Å². The highest BCUT2D eigenvalue weighted by Crippen LogP contribution is 2.17. The number of carbonyl (C=O) groups is 1. The predicted octanol–water partition coefficient (Wildman–Crippen LogP) is 2.53. The van der Waals surface area contributed by atoms with Crippen LogP contribution >= 0.6 is 0 Å². The van der Waals surface area contributed by atoms with Gasteiger partial charge in [0.25, 0.3) is 0 Å². The third-order valence-corrected chi connectivity index (χ3v) is 1.90. The van der Waals surface area contributed by atoms with Gasteiger partial charge in [-0.25, -0.2) is 4.79 Å². The van der Waals surface area contributed by atoms with Gasteiger partial charge in [0.05, 0.1) is 6.26 Å². The molecule has 3 heteroatoms. The summed E-state index contributed by atoms with van der Waals surface area (Å²) in [7, 11) is 0. The first-order valence-corrected chi connectivity index (χ1v) is 4.14. The van der Waals surface area contributed by atoms with Gasteiger partial charge in [-0.1, -0.05) is 12.1 Å². The van der Waals surface area contributed by atoms with E-state index in [9.17, 15) is 4.79 Å². The Morgan fingerprint density at radius 2 is 2.21 bits per heavy atom. The molecule has 1 N–H and O–H groups in total. The van der Waals surface area contributed by atoms with Gasteiger partial charge in [0.2, 0.25) is 0 Å². The molecular weight excluding hydrogens is 180 g/mol. The lowest BCUT2D eigenvalue weighted by molar-refractivity contribution is -0.131. The van der Waals surface area contributed by atoms with Crippen LogP contribution in [-0.4, -0.2) is 11.1 Å². The topological polar surface area (TPSA) is 50.4 Å². The number of carboxylic acid groups (broad SMARTS) is 1. The third kappa shape index (κ3) is 1.66. The quantitative estimate of drug-likeness (QED) is 0.736. The highest BCUT2D eigenvalue weighted by molar-refractivity contribution is 5.87. The predicted molar refractivity (Wildman–Crippen MR) is 52.9 cm³/mol. The molecule has 1 aromatic carbocycles. The summed E-state index contributed by atoms with van der Waals surface area (Å²) in [6.07, 6.45) is 4.24. The van der Waals surface area contributed by atoms with Crippen LogP contribution in [0.2, 0.25) is 0 Å². The van der Waals surface area contributed by atoms with Gasteiger partial charge in [-0.15, -0.1) is 0 Å². The van der Waals surface area contributed by atoms with Crippen LogP contribution in [0.3, 0.4) is 0 Å². The first kappa shape index (κ1) is 8.56. The molecule has 0 aliphatic heterocycles. The zero-order chi connectivity index (χ0) is 9.97. The van der Waals surface area contributed by atoms with Crippen molar-refractivity contribution in [2.24, 2.45) is 0 Å². The first-order valence-electron chi connectivity index (χ1n) is 4.14. The van der Waals surface area contributed by atoms with E-state index in [-0.39, 0.29) is 0 Å². The van der Waals surface area contributed by atoms with Gasteiger partial charge >= 0.3 is 5.97 Å². The highest BCUT2D eigenvalue weighted by Gasteiger charge is 1.96. The number of aliphatic carboxylic acids is 1. The number of hydrogen-bond donors (Lipinski definition) is 1. The van der Waals surface area contributed by atoms with Crippen molar-refractivity contribution < 1.29 is 14.3 Å². The number of fused-ring (bicyclic) bond motifs is 1. The normalized spacial score (nSPS) is 11.1. The molecule has 1 heterocycles. The van der Waals surface area contributed by atoms with E-state index < -0.39 is 5.97 Å². The number of furan rings is 1. The molecule has 1 aromatic heterocycles.